The van der Waals surface area contributed by atoms with E-state index >= 15 is 0 Å². The van der Waals surface area contributed by atoms with Gasteiger partial charge in [0.15, 0.2) is 0 Å². The van der Waals surface area contributed by atoms with Gasteiger partial charge in [-0.25, -0.2) is 0 Å². The van der Waals surface area contributed by atoms with Gasteiger partial charge in [0.2, 0.25) is 0 Å². The second kappa shape index (κ2) is 4.96. The minimum Gasteiger partial charge on any atom is -0.501 e. The Morgan fingerprint density at radius 1 is 1.42 bits per heavy atom. The molecule has 0 amide bonds. The third-order valence-corrected chi connectivity index (χ3v) is 1.29. The van der Waals surface area contributed by atoms with Crippen molar-refractivity contribution in [3.05, 3.63) is 11.8 Å². The standard InChI is InChI=1S/C10H18O2/c1-5-12-8-9(7-11)6-10(2,3)4/h7-8H,5-6H2,1-4H3/b9-8+. The maximum absolute atomic E-state index is 10.5. The third-order valence-electron chi connectivity index (χ3n) is 1.29. The first-order valence-corrected chi connectivity index (χ1v) is 4.25. The van der Waals surface area contributed by atoms with Crippen molar-refractivity contribution >= 4 is 6.29 Å². The predicted octanol–water partition coefficient (Wildman–Crippen LogP) is 2.54. The third kappa shape index (κ3) is 5.96. The smallest absolute Gasteiger partial charge is 0.149 e. The second-order valence-corrected chi connectivity index (χ2v) is 4.00. The Labute approximate surface area is 74.6 Å². The lowest BCUT2D eigenvalue weighted by Gasteiger charge is -2.17. The van der Waals surface area contributed by atoms with E-state index in [2.05, 4.69) is 20.8 Å². The van der Waals surface area contributed by atoms with E-state index in [0.717, 1.165) is 18.3 Å². The summed E-state index contributed by atoms with van der Waals surface area (Å²) in [5, 5.41) is 0. The highest BCUT2D eigenvalue weighted by Crippen LogP contribution is 2.22. The highest BCUT2D eigenvalue weighted by molar-refractivity contribution is 5.72. The lowest BCUT2D eigenvalue weighted by molar-refractivity contribution is -0.105. The summed E-state index contributed by atoms with van der Waals surface area (Å²) in [5.74, 6) is 0. The molecule has 0 saturated carbocycles. The van der Waals surface area contributed by atoms with Crippen molar-refractivity contribution in [2.24, 2.45) is 5.41 Å². The van der Waals surface area contributed by atoms with Gasteiger partial charge in [0.05, 0.1) is 12.9 Å². The van der Waals surface area contributed by atoms with Crippen LogP contribution in [0.1, 0.15) is 34.1 Å². The van der Waals surface area contributed by atoms with Crippen LogP contribution in [0.5, 0.6) is 0 Å². The first-order valence-electron chi connectivity index (χ1n) is 4.25. The highest BCUT2D eigenvalue weighted by atomic mass is 16.5. The maximum atomic E-state index is 10.5. The molecule has 0 radical (unpaired) electrons. The zero-order valence-corrected chi connectivity index (χ0v) is 8.39. The zero-order chi connectivity index (χ0) is 9.61. The monoisotopic (exact) mass is 170 g/mol. The van der Waals surface area contributed by atoms with Crippen molar-refractivity contribution < 1.29 is 9.53 Å². The molecular weight excluding hydrogens is 152 g/mol. The van der Waals surface area contributed by atoms with Gasteiger partial charge in [0, 0.05) is 5.57 Å². The molecule has 0 fully saturated rings. The summed E-state index contributed by atoms with van der Waals surface area (Å²) in [7, 11) is 0. The lowest BCUT2D eigenvalue weighted by Crippen LogP contribution is -2.07. The first-order chi connectivity index (χ1) is 5.49. The Hall–Kier alpha value is -0.790. The van der Waals surface area contributed by atoms with Gasteiger partial charge < -0.3 is 4.74 Å². The van der Waals surface area contributed by atoms with E-state index in [4.69, 9.17) is 4.74 Å². The highest BCUT2D eigenvalue weighted by Gasteiger charge is 2.12. The number of rotatable bonds is 4. The van der Waals surface area contributed by atoms with E-state index in [9.17, 15) is 4.79 Å². The molecule has 0 rings (SSSR count). The largest absolute Gasteiger partial charge is 0.501 e. The maximum Gasteiger partial charge on any atom is 0.149 e. The number of carbonyl (C=O) groups is 1. The van der Waals surface area contributed by atoms with Gasteiger partial charge in [-0.05, 0) is 18.8 Å². The van der Waals surface area contributed by atoms with Gasteiger partial charge in [-0.1, -0.05) is 20.8 Å². The fraction of sp³-hybridized carbons (Fsp3) is 0.700. The van der Waals surface area contributed by atoms with Crippen LogP contribution in [-0.4, -0.2) is 12.9 Å². The molecule has 0 saturated heterocycles. The van der Waals surface area contributed by atoms with Crippen LogP contribution in [0.25, 0.3) is 0 Å². The Balaban J connectivity index is 4.08. The van der Waals surface area contributed by atoms with Crippen molar-refractivity contribution in [3.8, 4) is 0 Å². The summed E-state index contributed by atoms with van der Waals surface area (Å²) in [6, 6.07) is 0. The Bertz CT molecular complexity index is 163. The van der Waals surface area contributed by atoms with E-state index < -0.39 is 0 Å². The molecule has 2 heteroatoms. The Kier molecular flexibility index (Phi) is 4.64. The number of aldehydes is 1. The average molecular weight is 170 g/mol. The summed E-state index contributed by atoms with van der Waals surface area (Å²) >= 11 is 0. The molecule has 0 heterocycles. The number of hydrogen-bond donors (Lipinski definition) is 0. The van der Waals surface area contributed by atoms with E-state index in [1.165, 1.54) is 0 Å². The number of carbonyl (C=O) groups excluding carboxylic acids is 1. The van der Waals surface area contributed by atoms with Crippen LogP contribution in [0.4, 0.5) is 0 Å². The van der Waals surface area contributed by atoms with Crippen LogP contribution in [0.2, 0.25) is 0 Å². The van der Waals surface area contributed by atoms with Gasteiger partial charge in [-0.3, -0.25) is 4.79 Å². The van der Waals surface area contributed by atoms with E-state index in [-0.39, 0.29) is 5.41 Å². The molecule has 0 aliphatic heterocycles. The van der Waals surface area contributed by atoms with Crippen molar-refractivity contribution in [2.45, 2.75) is 34.1 Å². The Morgan fingerprint density at radius 3 is 2.33 bits per heavy atom. The van der Waals surface area contributed by atoms with E-state index in [0.29, 0.717) is 6.61 Å². The number of ether oxygens (including phenoxy) is 1. The summed E-state index contributed by atoms with van der Waals surface area (Å²) < 4.78 is 5.04. The first kappa shape index (κ1) is 11.2. The molecule has 0 unspecified atom stereocenters. The van der Waals surface area contributed by atoms with E-state index in [1.54, 1.807) is 6.26 Å². The van der Waals surface area contributed by atoms with Gasteiger partial charge in [0.25, 0.3) is 0 Å². The van der Waals surface area contributed by atoms with Crippen molar-refractivity contribution in [2.75, 3.05) is 6.61 Å². The SMILES string of the molecule is CCO/C=C(/C=O)CC(C)(C)C. The minimum absolute atomic E-state index is 0.143. The van der Waals surface area contributed by atoms with Crippen LogP contribution < -0.4 is 0 Å². The van der Waals surface area contributed by atoms with Gasteiger partial charge >= 0.3 is 0 Å². The minimum atomic E-state index is 0.143. The molecule has 0 atom stereocenters. The van der Waals surface area contributed by atoms with Gasteiger partial charge in [0.1, 0.15) is 6.29 Å². The van der Waals surface area contributed by atoms with Gasteiger partial charge in [-0.2, -0.15) is 0 Å². The molecule has 0 aromatic heterocycles. The Morgan fingerprint density at radius 2 is 2.00 bits per heavy atom. The summed E-state index contributed by atoms with van der Waals surface area (Å²) in [5.41, 5.74) is 0.869. The molecule has 0 aromatic rings. The predicted molar refractivity (Wildman–Crippen MR) is 49.8 cm³/mol. The van der Waals surface area contributed by atoms with Crippen molar-refractivity contribution in [1.29, 1.82) is 0 Å². The fourth-order valence-corrected chi connectivity index (χ4v) is 0.914. The zero-order valence-electron chi connectivity index (χ0n) is 8.39. The van der Waals surface area contributed by atoms with Crippen LogP contribution >= 0.6 is 0 Å². The van der Waals surface area contributed by atoms with Crippen molar-refractivity contribution in [3.63, 3.8) is 0 Å². The molecule has 0 aromatic carbocycles. The molecule has 12 heavy (non-hydrogen) atoms. The topological polar surface area (TPSA) is 26.3 Å². The summed E-state index contributed by atoms with van der Waals surface area (Å²) in [4.78, 5) is 10.5. The molecule has 2 nitrogen and oxygen atoms in total. The fourth-order valence-electron chi connectivity index (χ4n) is 0.914. The molecular formula is C10H18O2. The average Bonchev–Trinajstić information content (AvgIpc) is 1.95. The quantitative estimate of drug-likeness (QED) is 0.368. The van der Waals surface area contributed by atoms with E-state index in [1.807, 2.05) is 6.92 Å². The van der Waals surface area contributed by atoms with Crippen molar-refractivity contribution in [1.82, 2.24) is 0 Å². The summed E-state index contributed by atoms with van der Waals surface area (Å²) in [6.07, 6.45) is 3.18. The van der Waals surface area contributed by atoms with Crippen LogP contribution in [0.3, 0.4) is 0 Å². The number of allylic oxidation sites excluding steroid dienone is 1. The van der Waals surface area contributed by atoms with Gasteiger partial charge in [-0.15, -0.1) is 0 Å². The number of hydrogen-bond acceptors (Lipinski definition) is 2. The second-order valence-electron chi connectivity index (χ2n) is 4.00. The molecule has 70 valence electrons. The normalized spacial score (nSPS) is 12.8. The van der Waals surface area contributed by atoms with Crippen LogP contribution in [0.15, 0.2) is 11.8 Å². The lowest BCUT2D eigenvalue weighted by atomic mass is 9.89. The molecule has 0 spiro atoms. The van der Waals surface area contributed by atoms with Crippen LogP contribution in [-0.2, 0) is 9.53 Å². The molecule has 0 bridgehead atoms. The molecule has 0 aliphatic carbocycles. The molecule has 0 N–H and O–H groups in total. The molecule has 0 aliphatic rings. The summed E-state index contributed by atoms with van der Waals surface area (Å²) in [6.45, 7) is 8.79. The van der Waals surface area contributed by atoms with Crippen LogP contribution in [0, 0.1) is 5.41 Å².